The highest BCUT2D eigenvalue weighted by atomic mass is 16.5. The van der Waals surface area contributed by atoms with Crippen LogP contribution < -0.4 is 15.4 Å². The lowest BCUT2D eigenvalue weighted by Gasteiger charge is -2.13. The molecule has 0 spiro atoms. The normalized spacial score (nSPS) is 12.5. The van der Waals surface area contributed by atoms with Crippen LogP contribution in [0.15, 0.2) is 59.6 Å². The van der Waals surface area contributed by atoms with Gasteiger partial charge in [0.1, 0.15) is 5.75 Å². The van der Waals surface area contributed by atoms with Crippen molar-refractivity contribution in [3.8, 4) is 5.75 Å². The van der Waals surface area contributed by atoms with Crippen molar-refractivity contribution in [2.75, 3.05) is 33.4 Å². The van der Waals surface area contributed by atoms with Crippen molar-refractivity contribution in [2.45, 2.75) is 26.1 Å². The number of benzene rings is 2. The summed E-state index contributed by atoms with van der Waals surface area (Å²) in [6.45, 7) is 4.55. The fourth-order valence-electron chi connectivity index (χ4n) is 2.60. The smallest absolute Gasteiger partial charge is 0.191 e. The average molecular weight is 386 g/mol. The van der Waals surface area contributed by atoms with Crippen molar-refractivity contribution in [1.29, 1.82) is 0 Å². The van der Waals surface area contributed by atoms with Crippen LogP contribution in [-0.2, 0) is 17.8 Å². The third kappa shape index (κ3) is 8.41. The Hall–Kier alpha value is -2.57. The first-order chi connectivity index (χ1) is 13.7. The minimum atomic E-state index is -0.638. The van der Waals surface area contributed by atoms with Gasteiger partial charge in [-0.25, -0.2) is 0 Å². The number of aliphatic hydroxyl groups is 1. The molecular formula is C22H31N3O3. The molecule has 0 saturated heterocycles. The lowest BCUT2D eigenvalue weighted by Crippen LogP contribution is -2.39. The number of aliphatic hydroxyl groups excluding tert-OH is 1. The zero-order chi connectivity index (χ0) is 20.0. The van der Waals surface area contributed by atoms with Crippen LogP contribution in [0, 0.1) is 0 Å². The predicted molar refractivity (Wildman–Crippen MR) is 113 cm³/mol. The predicted octanol–water partition coefficient (Wildman–Crippen LogP) is 2.37. The van der Waals surface area contributed by atoms with Gasteiger partial charge >= 0.3 is 0 Å². The van der Waals surface area contributed by atoms with E-state index in [0.717, 1.165) is 30.8 Å². The molecule has 1 atom stereocenters. The van der Waals surface area contributed by atoms with E-state index in [1.54, 1.807) is 7.11 Å². The SMILES string of the molecule is CCNC(=NCC(O)COCc1ccccc1)NCCc1ccc(OC)cc1. The number of aliphatic imine (C=N–C) groups is 1. The molecule has 6 heteroatoms. The molecule has 0 fully saturated rings. The molecule has 0 amide bonds. The van der Waals surface area contributed by atoms with Crippen LogP contribution in [0.2, 0.25) is 0 Å². The molecule has 0 bridgehead atoms. The summed E-state index contributed by atoms with van der Waals surface area (Å²) in [6, 6.07) is 17.9. The molecule has 0 aliphatic heterocycles. The maximum atomic E-state index is 10.1. The van der Waals surface area contributed by atoms with Gasteiger partial charge in [-0.3, -0.25) is 4.99 Å². The Balaban J connectivity index is 1.70. The summed E-state index contributed by atoms with van der Waals surface area (Å²) in [4.78, 5) is 4.44. The third-order valence-electron chi connectivity index (χ3n) is 4.09. The maximum absolute atomic E-state index is 10.1. The van der Waals surface area contributed by atoms with Crippen LogP contribution in [0.1, 0.15) is 18.1 Å². The fraction of sp³-hybridized carbons (Fsp3) is 0.409. The number of rotatable bonds is 11. The first-order valence-electron chi connectivity index (χ1n) is 9.66. The molecule has 152 valence electrons. The number of hydrogen-bond donors (Lipinski definition) is 3. The quantitative estimate of drug-likeness (QED) is 0.409. The standard InChI is InChI=1S/C22H31N3O3/c1-3-23-22(24-14-13-18-9-11-21(27-2)12-10-18)25-15-20(26)17-28-16-19-7-5-4-6-8-19/h4-12,20,26H,3,13-17H2,1-2H3,(H2,23,24,25). The van der Waals surface area contributed by atoms with E-state index in [0.29, 0.717) is 12.6 Å². The molecule has 0 heterocycles. The van der Waals surface area contributed by atoms with E-state index >= 15 is 0 Å². The summed E-state index contributed by atoms with van der Waals surface area (Å²) >= 11 is 0. The highest BCUT2D eigenvalue weighted by Gasteiger charge is 2.05. The third-order valence-corrected chi connectivity index (χ3v) is 4.09. The van der Waals surface area contributed by atoms with Gasteiger partial charge in [-0.1, -0.05) is 42.5 Å². The van der Waals surface area contributed by atoms with E-state index in [2.05, 4.69) is 27.8 Å². The summed E-state index contributed by atoms with van der Waals surface area (Å²) in [7, 11) is 1.66. The number of hydrogen-bond acceptors (Lipinski definition) is 4. The van der Waals surface area contributed by atoms with Gasteiger partial charge < -0.3 is 25.2 Å². The van der Waals surface area contributed by atoms with E-state index in [1.165, 1.54) is 5.56 Å². The minimum absolute atomic E-state index is 0.254. The van der Waals surface area contributed by atoms with Crippen LogP contribution in [0.3, 0.4) is 0 Å². The molecule has 0 aliphatic rings. The molecule has 0 saturated carbocycles. The van der Waals surface area contributed by atoms with Gasteiger partial charge in [0.15, 0.2) is 5.96 Å². The summed E-state index contributed by atoms with van der Waals surface area (Å²) in [6.07, 6.45) is 0.234. The molecule has 0 aliphatic carbocycles. The maximum Gasteiger partial charge on any atom is 0.191 e. The summed E-state index contributed by atoms with van der Waals surface area (Å²) in [5, 5.41) is 16.6. The largest absolute Gasteiger partial charge is 0.497 e. The Labute approximate surface area is 167 Å². The molecule has 6 nitrogen and oxygen atoms in total. The van der Waals surface area contributed by atoms with Crippen molar-refractivity contribution in [3.05, 3.63) is 65.7 Å². The zero-order valence-corrected chi connectivity index (χ0v) is 16.7. The molecule has 2 aromatic carbocycles. The van der Waals surface area contributed by atoms with E-state index in [1.807, 2.05) is 49.4 Å². The highest BCUT2D eigenvalue weighted by Crippen LogP contribution is 2.11. The minimum Gasteiger partial charge on any atom is -0.497 e. The van der Waals surface area contributed by atoms with Gasteiger partial charge in [0.2, 0.25) is 0 Å². The van der Waals surface area contributed by atoms with Crippen molar-refractivity contribution < 1.29 is 14.6 Å². The van der Waals surface area contributed by atoms with E-state index in [9.17, 15) is 5.11 Å². The van der Waals surface area contributed by atoms with Gasteiger partial charge in [0, 0.05) is 13.1 Å². The molecule has 1 unspecified atom stereocenters. The van der Waals surface area contributed by atoms with E-state index in [-0.39, 0.29) is 13.2 Å². The molecule has 3 N–H and O–H groups in total. The monoisotopic (exact) mass is 385 g/mol. The fourth-order valence-corrected chi connectivity index (χ4v) is 2.60. The topological polar surface area (TPSA) is 75.1 Å². The van der Waals surface area contributed by atoms with Crippen molar-refractivity contribution in [2.24, 2.45) is 4.99 Å². The summed E-state index contributed by atoms with van der Waals surface area (Å²) < 4.78 is 10.7. The molecule has 2 aromatic rings. The second-order valence-corrected chi connectivity index (χ2v) is 6.40. The summed E-state index contributed by atoms with van der Waals surface area (Å²) in [5.74, 6) is 1.55. The molecule has 28 heavy (non-hydrogen) atoms. The molecular weight excluding hydrogens is 354 g/mol. The first kappa shape index (κ1) is 21.7. The van der Waals surface area contributed by atoms with Gasteiger partial charge in [-0.05, 0) is 36.6 Å². The van der Waals surface area contributed by atoms with Crippen LogP contribution in [0.4, 0.5) is 0 Å². The number of nitrogens with one attached hydrogen (secondary N) is 2. The Morgan fingerprint density at radius 1 is 1.04 bits per heavy atom. The summed E-state index contributed by atoms with van der Waals surface area (Å²) in [5.41, 5.74) is 2.31. The van der Waals surface area contributed by atoms with E-state index in [4.69, 9.17) is 9.47 Å². The Morgan fingerprint density at radius 3 is 2.46 bits per heavy atom. The number of guanidine groups is 1. The Bertz CT molecular complexity index is 690. The van der Waals surface area contributed by atoms with E-state index < -0.39 is 6.10 Å². The van der Waals surface area contributed by atoms with Gasteiger partial charge in [-0.2, -0.15) is 0 Å². The first-order valence-corrected chi connectivity index (χ1v) is 9.66. The zero-order valence-electron chi connectivity index (χ0n) is 16.7. The highest BCUT2D eigenvalue weighted by molar-refractivity contribution is 5.79. The van der Waals surface area contributed by atoms with Crippen LogP contribution in [0.25, 0.3) is 0 Å². The molecule has 0 aromatic heterocycles. The van der Waals surface area contributed by atoms with Gasteiger partial charge in [0.25, 0.3) is 0 Å². The van der Waals surface area contributed by atoms with Gasteiger partial charge in [0.05, 0.1) is 33.0 Å². The molecule has 2 rings (SSSR count). The van der Waals surface area contributed by atoms with Crippen molar-refractivity contribution in [3.63, 3.8) is 0 Å². The number of nitrogens with zero attached hydrogens (tertiary/aromatic N) is 1. The number of methoxy groups -OCH3 is 1. The van der Waals surface area contributed by atoms with Crippen LogP contribution >= 0.6 is 0 Å². The Kier molecular flexibility index (Phi) is 9.89. The van der Waals surface area contributed by atoms with Gasteiger partial charge in [-0.15, -0.1) is 0 Å². The van der Waals surface area contributed by atoms with Crippen molar-refractivity contribution >= 4 is 5.96 Å². The lowest BCUT2D eigenvalue weighted by atomic mass is 10.1. The van der Waals surface area contributed by atoms with Crippen LogP contribution in [0.5, 0.6) is 5.75 Å². The number of ether oxygens (including phenoxy) is 2. The second-order valence-electron chi connectivity index (χ2n) is 6.40. The van der Waals surface area contributed by atoms with Crippen LogP contribution in [-0.4, -0.2) is 50.5 Å². The Morgan fingerprint density at radius 2 is 1.79 bits per heavy atom. The second kappa shape index (κ2) is 12.8. The molecule has 0 radical (unpaired) electrons. The average Bonchev–Trinajstić information content (AvgIpc) is 2.73. The lowest BCUT2D eigenvalue weighted by molar-refractivity contribution is 0.0331. The van der Waals surface area contributed by atoms with Crippen molar-refractivity contribution in [1.82, 2.24) is 10.6 Å².